The third-order valence-electron chi connectivity index (χ3n) is 5.67. The van der Waals surface area contributed by atoms with E-state index in [1.807, 2.05) is 71.0 Å². The molecule has 0 spiro atoms. The molecule has 35 heavy (non-hydrogen) atoms. The van der Waals surface area contributed by atoms with E-state index < -0.39 is 17.7 Å². The van der Waals surface area contributed by atoms with Gasteiger partial charge in [-0.25, -0.2) is 4.79 Å². The molecule has 1 unspecified atom stereocenters. The summed E-state index contributed by atoms with van der Waals surface area (Å²) in [5, 5.41) is 5.61. The molecule has 2 N–H and O–H groups in total. The first kappa shape index (κ1) is 27.9. The number of alkyl carbamates (subject to hydrolysis) is 1. The van der Waals surface area contributed by atoms with E-state index in [-0.39, 0.29) is 18.4 Å². The summed E-state index contributed by atoms with van der Waals surface area (Å²) in [5.41, 5.74) is 4.57. The first-order chi connectivity index (χ1) is 16.4. The van der Waals surface area contributed by atoms with Crippen LogP contribution in [0.25, 0.3) is 0 Å². The third-order valence-corrected chi connectivity index (χ3v) is 5.67. The van der Waals surface area contributed by atoms with Crippen LogP contribution in [0, 0.1) is 27.7 Å². The minimum Gasteiger partial charge on any atom is -0.444 e. The molecule has 0 fully saturated rings. The molecule has 0 aliphatic carbocycles. The number of rotatable bonds is 8. The molecule has 0 aliphatic heterocycles. The van der Waals surface area contributed by atoms with Crippen LogP contribution in [-0.4, -0.2) is 41.5 Å². The fraction of sp³-hybridized carbons (Fsp3) is 0.464. The first-order valence-corrected chi connectivity index (χ1v) is 12.0. The Bertz CT molecular complexity index is 1030. The highest BCUT2D eigenvalue weighted by Crippen LogP contribution is 2.30. The summed E-state index contributed by atoms with van der Waals surface area (Å²) in [5.74, 6) is -0.652. The van der Waals surface area contributed by atoms with E-state index in [1.165, 1.54) is 0 Å². The molecule has 0 saturated carbocycles. The van der Waals surface area contributed by atoms with Gasteiger partial charge >= 0.3 is 6.09 Å². The van der Waals surface area contributed by atoms with Gasteiger partial charge in [-0.1, -0.05) is 43.3 Å². The van der Waals surface area contributed by atoms with Crippen molar-refractivity contribution in [2.24, 2.45) is 0 Å². The zero-order valence-electron chi connectivity index (χ0n) is 22.2. The summed E-state index contributed by atoms with van der Waals surface area (Å²) in [6, 6.07) is 10.8. The summed E-state index contributed by atoms with van der Waals surface area (Å²) in [7, 11) is 0. The van der Waals surface area contributed by atoms with Crippen LogP contribution in [-0.2, 0) is 14.3 Å². The second kappa shape index (κ2) is 11.9. The molecule has 0 aromatic heterocycles. The molecule has 7 nitrogen and oxygen atoms in total. The van der Waals surface area contributed by atoms with Crippen LogP contribution in [0.5, 0.6) is 0 Å². The summed E-state index contributed by atoms with van der Waals surface area (Å²) >= 11 is 0. The number of nitrogens with zero attached hydrogens (tertiary/aromatic N) is 1. The molecule has 0 radical (unpaired) electrons. The number of nitrogens with one attached hydrogen (secondary N) is 2. The number of aryl methyl sites for hydroxylation is 4. The highest BCUT2D eigenvalue weighted by molar-refractivity contribution is 5.99. The van der Waals surface area contributed by atoms with Crippen molar-refractivity contribution in [1.29, 1.82) is 0 Å². The number of para-hydroxylation sites is 1. The number of carbonyl (C=O) groups excluding carboxylic acids is 3. The van der Waals surface area contributed by atoms with Gasteiger partial charge in [-0.3, -0.25) is 9.59 Å². The van der Waals surface area contributed by atoms with Gasteiger partial charge in [-0.15, -0.1) is 0 Å². The fourth-order valence-corrected chi connectivity index (χ4v) is 4.09. The lowest BCUT2D eigenvalue weighted by Gasteiger charge is -2.33. The summed E-state index contributed by atoms with van der Waals surface area (Å²) in [6.45, 7) is 15.1. The van der Waals surface area contributed by atoms with E-state index in [0.29, 0.717) is 13.0 Å². The Kier molecular flexibility index (Phi) is 9.46. The number of anilines is 1. The van der Waals surface area contributed by atoms with Crippen molar-refractivity contribution in [3.63, 3.8) is 0 Å². The minimum absolute atomic E-state index is 0.271. The Balaban J connectivity index is 2.45. The zero-order valence-corrected chi connectivity index (χ0v) is 22.2. The van der Waals surface area contributed by atoms with Crippen LogP contribution in [0.2, 0.25) is 0 Å². The average Bonchev–Trinajstić information content (AvgIpc) is 2.75. The highest BCUT2D eigenvalue weighted by atomic mass is 16.6. The van der Waals surface area contributed by atoms with Crippen molar-refractivity contribution in [1.82, 2.24) is 10.2 Å². The number of hydrogen-bond acceptors (Lipinski definition) is 4. The molecule has 0 bridgehead atoms. The Labute approximate surface area is 209 Å². The molecule has 2 rings (SSSR count). The van der Waals surface area contributed by atoms with Gasteiger partial charge in [0.15, 0.2) is 0 Å². The molecule has 3 amide bonds. The van der Waals surface area contributed by atoms with E-state index in [9.17, 15) is 14.4 Å². The number of ether oxygens (including phenoxy) is 1. The van der Waals surface area contributed by atoms with E-state index >= 15 is 0 Å². The predicted octanol–water partition coefficient (Wildman–Crippen LogP) is 5.36. The summed E-state index contributed by atoms with van der Waals surface area (Å²) in [6.07, 6.45) is -0.0260. The second-order valence-corrected chi connectivity index (χ2v) is 9.91. The van der Waals surface area contributed by atoms with Crippen LogP contribution in [0.1, 0.15) is 68.0 Å². The Morgan fingerprint density at radius 2 is 1.43 bits per heavy atom. The molecule has 1 atom stereocenters. The van der Waals surface area contributed by atoms with Crippen molar-refractivity contribution in [3.05, 3.63) is 64.2 Å². The van der Waals surface area contributed by atoms with Crippen LogP contribution >= 0.6 is 0 Å². The minimum atomic E-state index is -0.858. The van der Waals surface area contributed by atoms with E-state index in [1.54, 1.807) is 25.7 Å². The van der Waals surface area contributed by atoms with Crippen LogP contribution in [0.4, 0.5) is 10.5 Å². The van der Waals surface area contributed by atoms with Crippen LogP contribution in [0.15, 0.2) is 36.4 Å². The monoisotopic (exact) mass is 481 g/mol. The highest BCUT2D eigenvalue weighted by Gasteiger charge is 2.33. The van der Waals surface area contributed by atoms with Crippen molar-refractivity contribution in [3.8, 4) is 0 Å². The first-order valence-electron chi connectivity index (χ1n) is 12.0. The molecule has 190 valence electrons. The largest absolute Gasteiger partial charge is 0.444 e. The van der Waals surface area contributed by atoms with Crippen molar-refractivity contribution in [2.75, 3.05) is 18.4 Å². The van der Waals surface area contributed by atoms with Crippen molar-refractivity contribution in [2.45, 2.75) is 73.5 Å². The maximum Gasteiger partial charge on any atom is 0.408 e. The van der Waals surface area contributed by atoms with Gasteiger partial charge < -0.3 is 20.3 Å². The quantitative estimate of drug-likeness (QED) is 0.531. The molecule has 0 saturated heterocycles. The number of carbonyl (C=O) groups is 3. The molecule has 2 aromatic carbocycles. The van der Waals surface area contributed by atoms with E-state index in [4.69, 9.17) is 4.74 Å². The SMILES string of the molecule is CCCN(C(=O)CNC(=O)OC(C)(C)C)C(C(=O)Nc1c(C)cccc1C)c1c(C)cccc1C. The normalized spacial score (nSPS) is 12.0. The predicted molar refractivity (Wildman–Crippen MR) is 139 cm³/mol. The van der Waals surface area contributed by atoms with Gasteiger partial charge in [-0.2, -0.15) is 0 Å². The lowest BCUT2D eigenvalue weighted by molar-refractivity contribution is -0.138. The van der Waals surface area contributed by atoms with Gasteiger partial charge in [0.25, 0.3) is 5.91 Å². The lowest BCUT2D eigenvalue weighted by Crippen LogP contribution is -2.47. The van der Waals surface area contributed by atoms with Gasteiger partial charge in [-0.05, 0) is 82.7 Å². The third kappa shape index (κ3) is 7.57. The van der Waals surface area contributed by atoms with Crippen LogP contribution in [0.3, 0.4) is 0 Å². The number of amides is 3. The molecule has 7 heteroatoms. The van der Waals surface area contributed by atoms with Crippen LogP contribution < -0.4 is 10.6 Å². The van der Waals surface area contributed by atoms with Gasteiger partial charge in [0.05, 0.1) is 0 Å². The molecular weight excluding hydrogens is 442 g/mol. The van der Waals surface area contributed by atoms with Gasteiger partial charge in [0.1, 0.15) is 18.2 Å². The summed E-state index contributed by atoms with van der Waals surface area (Å²) in [4.78, 5) is 41.0. The number of hydrogen-bond donors (Lipinski definition) is 2. The Morgan fingerprint density at radius 1 is 0.914 bits per heavy atom. The topological polar surface area (TPSA) is 87.7 Å². The molecule has 0 aliphatic rings. The number of benzene rings is 2. The maximum atomic E-state index is 13.9. The fourth-order valence-electron chi connectivity index (χ4n) is 4.09. The van der Waals surface area contributed by atoms with Gasteiger partial charge in [0, 0.05) is 12.2 Å². The molecule has 2 aromatic rings. The van der Waals surface area contributed by atoms with Crippen molar-refractivity contribution < 1.29 is 19.1 Å². The maximum absolute atomic E-state index is 13.9. The van der Waals surface area contributed by atoms with Crippen molar-refractivity contribution >= 4 is 23.6 Å². The van der Waals surface area contributed by atoms with E-state index in [0.717, 1.165) is 33.5 Å². The zero-order chi connectivity index (χ0) is 26.3. The molecular formula is C28H39N3O4. The Morgan fingerprint density at radius 3 is 1.91 bits per heavy atom. The van der Waals surface area contributed by atoms with E-state index in [2.05, 4.69) is 10.6 Å². The average molecular weight is 482 g/mol. The smallest absolute Gasteiger partial charge is 0.408 e. The molecule has 0 heterocycles. The summed E-state index contributed by atoms with van der Waals surface area (Å²) < 4.78 is 5.26. The second-order valence-electron chi connectivity index (χ2n) is 9.91. The Hall–Kier alpha value is -3.35. The standard InChI is InChI=1S/C28H39N3O4/c1-9-16-31(22(32)17-29-27(34)35-28(6,7)8)25(23-18(2)12-10-13-19(23)3)26(33)30-24-20(4)14-11-15-21(24)5/h10-15,25H,9,16-17H2,1-8H3,(H,29,34)(H,30,33). The lowest BCUT2D eigenvalue weighted by atomic mass is 9.93. The van der Waals surface area contributed by atoms with Gasteiger partial charge in [0.2, 0.25) is 5.91 Å².